The van der Waals surface area contributed by atoms with Crippen molar-refractivity contribution in [3.8, 4) is 0 Å². The van der Waals surface area contributed by atoms with E-state index < -0.39 is 8.32 Å². The standard InChI is InChI=1S/C23H26OSi/c1-25(2,3)24-16-5-4-7-17-10-11-20-13-12-18-8-6-9-19-14-15-21(17)23(20)22(18)19/h6,8-15H,4-5,7,16H2,1-3H3. The first-order valence-corrected chi connectivity index (χ1v) is 12.7. The van der Waals surface area contributed by atoms with Gasteiger partial charge >= 0.3 is 0 Å². The molecule has 0 saturated carbocycles. The van der Waals surface area contributed by atoms with Gasteiger partial charge in [-0.3, -0.25) is 0 Å². The lowest BCUT2D eigenvalue weighted by atomic mass is 9.91. The van der Waals surface area contributed by atoms with Crippen LogP contribution in [0.4, 0.5) is 0 Å². The lowest BCUT2D eigenvalue weighted by molar-refractivity contribution is 0.301. The van der Waals surface area contributed by atoms with Gasteiger partial charge in [0.2, 0.25) is 0 Å². The Morgan fingerprint density at radius 2 is 1.36 bits per heavy atom. The zero-order chi connectivity index (χ0) is 17.4. The summed E-state index contributed by atoms with van der Waals surface area (Å²) in [4.78, 5) is 0. The van der Waals surface area contributed by atoms with E-state index in [1.54, 1.807) is 0 Å². The summed E-state index contributed by atoms with van der Waals surface area (Å²) in [5.74, 6) is 0. The summed E-state index contributed by atoms with van der Waals surface area (Å²) in [5.41, 5.74) is 1.47. The first-order valence-electron chi connectivity index (χ1n) is 9.32. The average molecular weight is 347 g/mol. The van der Waals surface area contributed by atoms with E-state index in [0.717, 1.165) is 19.4 Å². The van der Waals surface area contributed by atoms with Crippen molar-refractivity contribution in [1.82, 2.24) is 0 Å². The Morgan fingerprint density at radius 1 is 0.720 bits per heavy atom. The highest BCUT2D eigenvalue weighted by Crippen LogP contribution is 2.36. The predicted molar refractivity (Wildman–Crippen MR) is 112 cm³/mol. The molecule has 0 fully saturated rings. The van der Waals surface area contributed by atoms with Crippen LogP contribution in [-0.2, 0) is 10.8 Å². The zero-order valence-corrected chi connectivity index (χ0v) is 16.4. The van der Waals surface area contributed by atoms with Gasteiger partial charge < -0.3 is 4.43 Å². The maximum atomic E-state index is 5.99. The molecule has 0 bridgehead atoms. The van der Waals surface area contributed by atoms with Crippen LogP contribution in [0.25, 0.3) is 32.3 Å². The van der Waals surface area contributed by atoms with Crippen LogP contribution in [-0.4, -0.2) is 14.9 Å². The molecule has 1 nitrogen and oxygen atoms in total. The molecule has 0 aliphatic rings. The summed E-state index contributed by atoms with van der Waals surface area (Å²) in [6.07, 6.45) is 3.46. The van der Waals surface area contributed by atoms with E-state index in [0.29, 0.717) is 0 Å². The highest BCUT2D eigenvalue weighted by Gasteiger charge is 2.13. The topological polar surface area (TPSA) is 9.23 Å². The summed E-state index contributed by atoms with van der Waals surface area (Å²) in [6, 6.07) is 20.3. The third kappa shape index (κ3) is 3.29. The van der Waals surface area contributed by atoms with E-state index in [9.17, 15) is 0 Å². The number of benzene rings is 4. The summed E-state index contributed by atoms with van der Waals surface area (Å²) in [5, 5.41) is 8.32. The van der Waals surface area contributed by atoms with E-state index in [1.165, 1.54) is 44.3 Å². The Balaban J connectivity index is 1.64. The third-order valence-corrected chi connectivity index (χ3v) is 6.06. The van der Waals surface area contributed by atoms with Crippen LogP contribution in [0.3, 0.4) is 0 Å². The highest BCUT2D eigenvalue weighted by molar-refractivity contribution is 6.69. The zero-order valence-electron chi connectivity index (χ0n) is 15.4. The van der Waals surface area contributed by atoms with Crippen LogP contribution in [0.2, 0.25) is 19.6 Å². The second kappa shape index (κ2) is 6.43. The molecule has 25 heavy (non-hydrogen) atoms. The van der Waals surface area contributed by atoms with Gasteiger partial charge in [0.15, 0.2) is 8.32 Å². The lowest BCUT2D eigenvalue weighted by Gasteiger charge is -2.17. The minimum atomic E-state index is -1.37. The Morgan fingerprint density at radius 3 is 2.08 bits per heavy atom. The summed E-state index contributed by atoms with van der Waals surface area (Å²) >= 11 is 0. The van der Waals surface area contributed by atoms with Gasteiger partial charge in [0.25, 0.3) is 0 Å². The van der Waals surface area contributed by atoms with E-state index >= 15 is 0 Å². The number of rotatable bonds is 6. The third-order valence-electron chi connectivity index (χ3n) is 4.99. The minimum absolute atomic E-state index is 0.904. The smallest absolute Gasteiger partial charge is 0.183 e. The molecule has 4 aromatic rings. The second-order valence-corrected chi connectivity index (χ2v) is 12.5. The number of hydrogen-bond donors (Lipinski definition) is 0. The van der Waals surface area contributed by atoms with Crippen LogP contribution in [0.1, 0.15) is 18.4 Å². The molecule has 0 saturated heterocycles. The van der Waals surface area contributed by atoms with Crippen molar-refractivity contribution in [2.75, 3.05) is 6.61 Å². The predicted octanol–water partition coefficient (Wildman–Crippen LogP) is 6.76. The minimum Gasteiger partial charge on any atom is -0.418 e. The van der Waals surface area contributed by atoms with Gasteiger partial charge in [-0.25, -0.2) is 0 Å². The highest BCUT2D eigenvalue weighted by atomic mass is 28.4. The number of hydrogen-bond acceptors (Lipinski definition) is 1. The van der Waals surface area contributed by atoms with Crippen LogP contribution < -0.4 is 0 Å². The average Bonchev–Trinajstić information content (AvgIpc) is 2.59. The molecule has 0 atom stereocenters. The Bertz CT molecular complexity index is 997. The summed E-state index contributed by atoms with van der Waals surface area (Å²) in [7, 11) is -1.37. The molecule has 4 aromatic carbocycles. The Hall–Kier alpha value is -1.90. The van der Waals surface area contributed by atoms with Crippen molar-refractivity contribution in [3.63, 3.8) is 0 Å². The van der Waals surface area contributed by atoms with E-state index in [1.807, 2.05) is 0 Å². The van der Waals surface area contributed by atoms with Gasteiger partial charge in [-0.2, -0.15) is 0 Å². The molecule has 2 heteroatoms. The van der Waals surface area contributed by atoms with Gasteiger partial charge in [-0.1, -0.05) is 54.6 Å². The van der Waals surface area contributed by atoms with Crippen molar-refractivity contribution in [3.05, 3.63) is 60.2 Å². The van der Waals surface area contributed by atoms with E-state index in [-0.39, 0.29) is 0 Å². The second-order valence-electron chi connectivity index (χ2n) is 8.00. The van der Waals surface area contributed by atoms with E-state index in [2.05, 4.69) is 74.2 Å². The molecule has 0 radical (unpaired) electrons. The Labute approximate surface area is 151 Å². The molecular weight excluding hydrogens is 320 g/mol. The van der Waals surface area contributed by atoms with E-state index in [4.69, 9.17) is 4.43 Å². The first-order chi connectivity index (χ1) is 12.0. The molecule has 0 aliphatic heterocycles. The van der Waals surface area contributed by atoms with Gasteiger partial charge in [0.05, 0.1) is 0 Å². The molecule has 0 aromatic heterocycles. The largest absolute Gasteiger partial charge is 0.418 e. The fourth-order valence-corrected chi connectivity index (χ4v) is 4.57. The molecule has 0 amide bonds. The van der Waals surface area contributed by atoms with Crippen molar-refractivity contribution in [1.29, 1.82) is 0 Å². The SMILES string of the molecule is C[Si](C)(C)OCCCCc1ccc2ccc3cccc4ccc1c2c34. The lowest BCUT2D eigenvalue weighted by Crippen LogP contribution is -2.25. The van der Waals surface area contributed by atoms with Gasteiger partial charge in [-0.05, 0) is 76.8 Å². The maximum Gasteiger partial charge on any atom is 0.183 e. The van der Waals surface area contributed by atoms with Crippen LogP contribution >= 0.6 is 0 Å². The van der Waals surface area contributed by atoms with Gasteiger partial charge in [0.1, 0.15) is 0 Å². The van der Waals surface area contributed by atoms with Crippen LogP contribution in [0, 0.1) is 0 Å². The van der Waals surface area contributed by atoms with Gasteiger partial charge in [0, 0.05) is 6.61 Å². The molecule has 128 valence electrons. The van der Waals surface area contributed by atoms with Crippen molar-refractivity contribution < 1.29 is 4.43 Å². The molecule has 0 N–H and O–H groups in total. The molecule has 0 heterocycles. The van der Waals surface area contributed by atoms with Crippen LogP contribution in [0.5, 0.6) is 0 Å². The number of aryl methyl sites for hydroxylation is 1. The molecule has 4 rings (SSSR count). The van der Waals surface area contributed by atoms with Crippen molar-refractivity contribution in [2.45, 2.75) is 38.9 Å². The number of unbranched alkanes of at least 4 members (excludes halogenated alkanes) is 1. The molecule has 0 aliphatic carbocycles. The van der Waals surface area contributed by atoms with Gasteiger partial charge in [-0.15, -0.1) is 0 Å². The summed E-state index contributed by atoms with van der Waals surface area (Å²) < 4.78 is 5.99. The monoisotopic (exact) mass is 346 g/mol. The summed E-state index contributed by atoms with van der Waals surface area (Å²) in [6.45, 7) is 7.68. The quantitative estimate of drug-likeness (QED) is 0.213. The molecule has 0 unspecified atom stereocenters. The van der Waals surface area contributed by atoms with Crippen molar-refractivity contribution in [2.24, 2.45) is 0 Å². The fraction of sp³-hybridized carbons (Fsp3) is 0.304. The Kier molecular flexibility index (Phi) is 4.26. The van der Waals surface area contributed by atoms with Crippen LogP contribution in [0.15, 0.2) is 54.6 Å². The van der Waals surface area contributed by atoms with Crippen molar-refractivity contribution >= 4 is 40.6 Å². The molecule has 0 spiro atoms. The normalized spacial score (nSPS) is 12.6. The first kappa shape index (κ1) is 16.6. The molecular formula is C23H26OSi. The maximum absolute atomic E-state index is 5.99. The fourth-order valence-electron chi connectivity index (χ4n) is 3.81.